The number of carbonyl (C=O) groups is 1. The molecule has 26 heavy (non-hydrogen) atoms. The Morgan fingerprint density at radius 1 is 1.31 bits per heavy atom. The Morgan fingerprint density at radius 3 is 2.96 bits per heavy atom. The minimum Gasteiger partial charge on any atom is -0.377 e. The molecule has 3 heterocycles. The lowest BCUT2D eigenvalue weighted by Crippen LogP contribution is -2.51. The van der Waals surface area contributed by atoms with Crippen molar-refractivity contribution in [3.05, 3.63) is 54.4 Å². The van der Waals surface area contributed by atoms with Crippen molar-refractivity contribution in [2.24, 2.45) is 0 Å². The lowest BCUT2D eigenvalue weighted by molar-refractivity contribution is -0.141. The summed E-state index contributed by atoms with van der Waals surface area (Å²) < 4.78 is 5.60. The number of hydrogen-bond donors (Lipinski definition) is 0. The van der Waals surface area contributed by atoms with Crippen molar-refractivity contribution >= 4 is 5.91 Å². The summed E-state index contributed by atoms with van der Waals surface area (Å²) in [7, 11) is 1.96. The molecule has 1 aliphatic heterocycles. The first-order chi connectivity index (χ1) is 12.7. The molecule has 2 aromatic heterocycles. The number of aromatic nitrogens is 3. The fourth-order valence-electron chi connectivity index (χ4n) is 3.18. The maximum atomic E-state index is 12.8. The minimum atomic E-state index is 0.0880. The number of likely N-dealkylation sites (N-methyl/N-ethyl adjacent to an activating group) is 1. The smallest absolute Gasteiger partial charge is 0.237 e. The van der Waals surface area contributed by atoms with Gasteiger partial charge in [-0.2, -0.15) is 0 Å². The topological polar surface area (TPSA) is 71.5 Å². The number of ether oxygens (including phenoxy) is 1. The van der Waals surface area contributed by atoms with Crippen LogP contribution in [0.4, 0.5) is 0 Å². The Hall–Kier alpha value is -2.38. The van der Waals surface area contributed by atoms with Crippen LogP contribution >= 0.6 is 0 Å². The fourth-order valence-corrected chi connectivity index (χ4v) is 3.18. The van der Waals surface area contributed by atoms with E-state index in [1.807, 2.05) is 35.2 Å². The Bertz CT molecular complexity index is 683. The van der Waals surface area contributed by atoms with Crippen molar-refractivity contribution in [2.75, 3.05) is 33.4 Å². The first-order valence-corrected chi connectivity index (χ1v) is 8.92. The van der Waals surface area contributed by atoms with E-state index in [0.29, 0.717) is 32.8 Å². The van der Waals surface area contributed by atoms with E-state index in [1.54, 1.807) is 24.8 Å². The van der Waals surface area contributed by atoms with Crippen LogP contribution in [0.1, 0.15) is 17.7 Å². The lowest BCUT2D eigenvalue weighted by Gasteiger charge is -2.36. The molecule has 0 bridgehead atoms. The largest absolute Gasteiger partial charge is 0.377 e. The third kappa shape index (κ3) is 5.31. The van der Waals surface area contributed by atoms with E-state index in [9.17, 15) is 4.79 Å². The normalized spacial score (nSPS) is 17.5. The van der Waals surface area contributed by atoms with Gasteiger partial charge in [-0.1, -0.05) is 6.07 Å². The van der Waals surface area contributed by atoms with Gasteiger partial charge in [0.2, 0.25) is 5.91 Å². The quantitative estimate of drug-likeness (QED) is 0.742. The Labute approximate surface area is 154 Å². The molecule has 0 N–H and O–H groups in total. The summed E-state index contributed by atoms with van der Waals surface area (Å²) in [4.78, 5) is 29.3. The summed E-state index contributed by atoms with van der Waals surface area (Å²) >= 11 is 0. The molecule has 0 radical (unpaired) electrons. The van der Waals surface area contributed by atoms with Gasteiger partial charge < -0.3 is 9.64 Å². The molecule has 3 rings (SSSR count). The second kappa shape index (κ2) is 9.35. The molecule has 1 fully saturated rings. The van der Waals surface area contributed by atoms with Gasteiger partial charge in [-0.25, -0.2) is 0 Å². The predicted octanol–water partition coefficient (Wildman–Crippen LogP) is 1.16. The van der Waals surface area contributed by atoms with E-state index in [1.165, 1.54) is 0 Å². The van der Waals surface area contributed by atoms with Crippen LogP contribution in [-0.2, 0) is 22.5 Å². The van der Waals surface area contributed by atoms with Crippen LogP contribution in [0.15, 0.2) is 43.1 Å². The number of amides is 1. The van der Waals surface area contributed by atoms with Gasteiger partial charge in [0.05, 0.1) is 31.5 Å². The second-order valence-corrected chi connectivity index (χ2v) is 6.58. The maximum Gasteiger partial charge on any atom is 0.237 e. The summed E-state index contributed by atoms with van der Waals surface area (Å²) in [6.45, 7) is 2.91. The zero-order valence-electron chi connectivity index (χ0n) is 15.1. The Balaban J connectivity index is 1.53. The molecule has 1 atom stereocenters. The average Bonchev–Trinajstić information content (AvgIpc) is 2.68. The summed E-state index contributed by atoms with van der Waals surface area (Å²) in [6, 6.07) is 4.02. The number of hydrogen-bond acceptors (Lipinski definition) is 6. The molecule has 7 nitrogen and oxygen atoms in total. The molecule has 1 saturated heterocycles. The molecule has 0 saturated carbocycles. The molecule has 2 aromatic rings. The van der Waals surface area contributed by atoms with Crippen molar-refractivity contribution in [3.63, 3.8) is 0 Å². The Morgan fingerprint density at radius 2 is 2.19 bits per heavy atom. The summed E-state index contributed by atoms with van der Waals surface area (Å²) in [5, 5.41) is 0. The van der Waals surface area contributed by atoms with Gasteiger partial charge in [-0.05, 0) is 31.5 Å². The number of aryl methyl sites for hydroxylation is 1. The van der Waals surface area contributed by atoms with E-state index >= 15 is 0 Å². The Kier molecular flexibility index (Phi) is 6.62. The molecular weight excluding hydrogens is 330 g/mol. The van der Waals surface area contributed by atoms with Crippen LogP contribution in [0.5, 0.6) is 0 Å². The van der Waals surface area contributed by atoms with Crippen LogP contribution in [0.25, 0.3) is 0 Å². The van der Waals surface area contributed by atoms with Crippen LogP contribution in [-0.4, -0.2) is 70.1 Å². The highest BCUT2D eigenvalue weighted by molar-refractivity contribution is 5.78. The predicted molar refractivity (Wildman–Crippen MR) is 97.2 cm³/mol. The van der Waals surface area contributed by atoms with E-state index in [0.717, 1.165) is 24.1 Å². The number of nitrogens with zero attached hydrogens (tertiary/aromatic N) is 5. The van der Waals surface area contributed by atoms with E-state index < -0.39 is 0 Å². The number of pyridine rings is 1. The van der Waals surface area contributed by atoms with Gasteiger partial charge in [-0.15, -0.1) is 0 Å². The SMILES string of the molecule is CN(CC(=O)N1CCOC[C@H]1CCc1cnccn1)Cc1cccnc1. The van der Waals surface area contributed by atoms with E-state index in [4.69, 9.17) is 4.74 Å². The fraction of sp³-hybridized carbons (Fsp3) is 0.474. The summed E-state index contributed by atoms with van der Waals surface area (Å²) in [6.07, 6.45) is 10.3. The van der Waals surface area contributed by atoms with Crippen molar-refractivity contribution in [1.82, 2.24) is 24.8 Å². The highest BCUT2D eigenvalue weighted by atomic mass is 16.5. The third-order valence-electron chi connectivity index (χ3n) is 4.48. The van der Waals surface area contributed by atoms with Crippen molar-refractivity contribution in [1.29, 1.82) is 0 Å². The molecular formula is C19H25N5O2. The monoisotopic (exact) mass is 355 g/mol. The zero-order chi connectivity index (χ0) is 18.2. The molecule has 0 unspecified atom stereocenters. The van der Waals surface area contributed by atoms with Crippen molar-refractivity contribution in [3.8, 4) is 0 Å². The molecule has 1 aliphatic rings. The standard InChI is InChI=1S/C19H25N5O2/c1-23(13-16-3-2-6-20-11-16)14-19(25)24-9-10-26-15-18(24)5-4-17-12-21-7-8-22-17/h2-3,6-8,11-12,18H,4-5,9-10,13-15H2,1H3/t18-/m1/s1. The second-order valence-electron chi connectivity index (χ2n) is 6.58. The van der Waals surface area contributed by atoms with Crippen LogP contribution < -0.4 is 0 Å². The van der Waals surface area contributed by atoms with Crippen molar-refractivity contribution in [2.45, 2.75) is 25.4 Å². The minimum absolute atomic E-state index is 0.0880. The van der Waals surface area contributed by atoms with Gasteiger partial charge in [0, 0.05) is 44.1 Å². The first-order valence-electron chi connectivity index (χ1n) is 8.92. The highest BCUT2D eigenvalue weighted by Crippen LogP contribution is 2.14. The number of carbonyl (C=O) groups excluding carboxylic acids is 1. The molecule has 0 aromatic carbocycles. The number of rotatable bonds is 7. The first kappa shape index (κ1) is 18.4. The van der Waals surface area contributed by atoms with Gasteiger partial charge in [-0.3, -0.25) is 24.6 Å². The third-order valence-corrected chi connectivity index (χ3v) is 4.48. The lowest BCUT2D eigenvalue weighted by atomic mass is 10.1. The van der Waals surface area contributed by atoms with Crippen LogP contribution in [0.3, 0.4) is 0 Å². The van der Waals surface area contributed by atoms with Gasteiger partial charge >= 0.3 is 0 Å². The zero-order valence-corrected chi connectivity index (χ0v) is 15.1. The summed E-state index contributed by atoms with van der Waals surface area (Å²) in [5.74, 6) is 0.142. The maximum absolute atomic E-state index is 12.8. The summed E-state index contributed by atoms with van der Waals surface area (Å²) in [5.41, 5.74) is 2.04. The van der Waals surface area contributed by atoms with Crippen LogP contribution in [0, 0.1) is 0 Å². The van der Waals surface area contributed by atoms with E-state index in [-0.39, 0.29) is 11.9 Å². The van der Waals surface area contributed by atoms with Crippen LogP contribution in [0.2, 0.25) is 0 Å². The molecule has 7 heteroatoms. The average molecular weight is 355 g/mol. The number of morpholine rings is 1. The van der Waals surface area contributed by atoms with E-state index in [2.05, 4.69) is 15.0 Å². The van der Waals surface area contributed by atoms with Gasteiger partial charge in [0.1, 0.15) is 0 Å². The van der Waals surface area contributed by atoms with Gasteiger partial charge in [0.15, 0.2) is 0 Å². The molecule has 138 valence electrons. The van der Waals surface area contributed by atoms with Crippen molar-refractivity contribution < 1.29 is 9.53 Å². The molecule has 0 spiro atoms. The molecule has 1 amide bonds. The molecule has 0 aliphatic carbocycles. The highest BCUT2D eigenvalue weighted by Gasteiger charge is 2.27. The van der Waals surface area contributed by atoms with Gasteiger partial charge in [0.25, 0.3) is 0 Å².